The molecule has 4 rings (SSSR count). The molecule has 30 heavy (non-hydrogen) atoms. The zero-order valence-electron chi connectivity index (χ0n) is 17.8. The summed E-state index contributed by atoms with van der Waals surface area (Å²) in [6.07, 6.45) is 5.51. The lowest BCUT2D eigenvalue weighted by molar-refractivity contribution is -0.124. The van der Waals surface area contributed by atoms with E-state index in [0.717, 1.165) is 78.2 Å². The summed E-state index contributed by atoms with van der Waals surface area (Å²) in [6.45, 7) is 7.13. The van der Waals surface area contributed by atoms with E-state index in [1.807, 2.05) is 4.90 Å². The van der Waals surface area contributed by atoms with Gasteiger partial charge in [0.15, 0.2) is 0 Å². The number of rotatable bonds is 5. The van der Waals surface area contributed by atoms with Crippen LogP contribution in [-0.4, -0.2) is 113 Å². The van der Waals surface area contributed by atoms with Crippen LogP contribution in [0.1, 0.15) is 36.2 Å². The van der Waals surface area contributed by atoms with Crippen molar-refractivity contribution < 1.29 is 14.3 Å². The molecule has 3 aliphatic rings. The summed E-state index contributed by atoms with van der Waals surface area (Å²) in [5, 5.41) is 10.9. The van der Waals surface area contributed by atoms with Crippen molar-refractivity contribution in [1.29, 1.82) is 0 Å². The van der Waals surface area contributed by atoms with E-state index >= 15 is 0 Å². The van der Waals surface area contributed by atoms with Gasteiger partial charge in [-0.2, -0.15) is 0 Å². The molecule has 1 aromatic heterocycles. The smallest absolute Gasteiger partial charge is 0.273 e. The number of hydrogen-bond donors (Lipinski definition) is 1. The topological polar surface area (TPSA) is 95.8 Å². The number of ether oxygens (including phenoxy) is 1. The minimum Gasteiger partial charge on any atom is -0.379 e. The van der Waals surface area contributed by atoms with Gasteiger partial charge in [0.1, 0.15) is 5.69 Å². The number of likely N-dealkylation sites (tertiary alicyclic amines) is 2. The molecule has 10 heteroatoms. The molecule has 3 aliphatic heterocycles. The Morgan fingerprint density at radius 3 is 2.40 bits per heavy atom. The maximum absolute atomic E-state index is 12.6. The van der Waals surface area contributed by atoms with E-state index in [0.29, 0.717) is 18.3 Å². The average molecular weight is 420 g/mol. The molecule has 0 unspecified atom stereocenters. The zero-order valence-corrected chi connectivity index (χ0v) is 17.8. The lowest BCUT2D eigenvalue weighted by Crippen LogP contribution is -2.53. The summed E-state index contributed by atoms with van der Waals surface area (Å²) < 4.78 is 6.87. The quantitative estimate of drug-likeness (QED) is 0.676. The van der Waals surface area contributed by atoms with E-state index < -0.39 is 0 Å². The third-order valence-electron chi connectivity index (χ3n) is 6.57. The Morgan fingerprint density at radius 1 is 1.07 bits per heavy atom. The molecule has 1 aromatic rings. The largest absolute Gasteiger partial charge is 0.379 e. The van der Waals surface area contributed by atoms with Gasteiger partial charge < -0.3 is 19.9 Å². The number of amides is 2. The Kier molecular flexibility index (Phi) is 6.96. The van der Waals surface area contributed by atoms with Crippen LogP contribution in [0, 0.1) is 0 Å². The summed E-state index contributed by atoms with van der Waals surface area (Å²) in [5.74, 6) is 0.148. The highest BCUT2D eigenvalue weighted by Gasteiger charge is 2.31. The molecule has 0 radical (unpaired) electrons. The van der Waals surface area contributed by atoms with Gasteiger partial charge in [0, 0.05) is 58.4 Å². The van der Waals surface area contributed by atoms with Crippen molar-refractivity contribution >= 4 is 11.8 Å². The van der Waals surface area contributed by atoms with Crippen molar-refractivity contribution in [3.8, 4) is 0 Å². The van der Waals surface area contributed by atoms with Crippen molar-refractivity contribution in [2.24, 2.45) is 7.05 Å². The van der Waals surface area contributed by atoms with Gasteiger partial charge in [-0.05, 0) is 25.7 Å². The minimum absolute atomic E-state index is 0.0163. The van der Waals surface area contributed by atoms with Gasteiger partial charge >= 0.3 is 0 Å². The van der Waals surface area contributed by atoms with Gasteiger partial charge in [0.2, 0.25) is 5.91 Å². The second-order valence-electron chi connectivity index (χ2n) is 8.53. The number of carbonyl (C=O) groups excluding carboxylic acids is 2. The number of aromatic nitrogens is 3. The molecule has 0 aromatic carbocycles. The van der Waals surface area contributed by atoms with E-state index in [1.165, 1.54) is 10.9 Å². The van der Waals surface area contributed by atoms with Crippen LogP contribution in [0.4, 0.5) is 0 Å². The number of hydrogen-bond acceptors (Lipinski definition) is 7. The van der Waals surface area contributed by atoms with Crippen LogP contribution < -0.4 is 5.32 Å². The first-order chi connectivity index (χ1) is 14.6. The Hall–Kier alpha value is -2.04. The fourth-order valence-electron chi connectivity index (χ4n) is 4.72. The molecular formula is C20H33N7O3. The number of carbonyl (C=O) groups is 2. The summed E-state index contributed by atoms with van der Waals surface area (Å²) in [5.41, 5.74) is 0.544. The van der Waals surface area contributed by atoms with Gasteiger partial charge in [-0.15, -0.1) is 5.10 Å². The molecule has 0 spiro atoms. The summed E-state index contributed by atoms with van der Waals surface area (Å²) in [4.78, 5) is 31.6. The van der Waals surface area contributed by atoms with Crippen molar-refractivity contribution in [2.45, 2.75) is 37.8 Å². The molecule has 1 N–H and O–H groups in total. The average Bonchev–Trinajstić information content (AvgIpc) is 3.20. The Labute approximate surface area is 177 Å². The first-order valence-electron chi connectivity index (χ1n) is 11.1. The number of piperidine rings is 2. The fourth-order valence-corrected chi connectivity index (χ4v) is 4.72. The minimum atomic E-state index is 0.0163. The highest BCUT2D eigenvalue weighted by molar-refractivity contribution is 5.92. The van der Waals surface area contributed by atoms with E-state index in [2.05, 4.69) is 25.4 Å². The van der Waals surface area contributed by atoms with Gasteiger partial charge in [-0.1, -0.05) is 5.21 Å². The second-order valence-corrected chi connectivity index (χ2v) is 8.53. The fraction of sp³-hybridized carbons (Fsp3) is 0.800. The lowest BCUT2D eigenvalue weighted by atomic mass is 9.97. The molecule has 0 bridgehead atoms. The van der Waals surface area contributed by atoms with Gasteiger partial charge in [-0.25, -0.2) is 4.68 Å². The SMILES string of the molecule is Cn1nncc1C(=O)N1CCC(N2CCC(NC(=O)CN3CCOCC3)CC2)CC1. The Bertz CT molecular complexity index is 718. The van der Waals surface area contributed by atoms with Crippen LogP contribution in [-0.2, 0) is 16.6 Å². The van der Waals surface area contributed by atoms with Gasteiger partial charge in [0.25, 0.3) is 5.91 Å². The first-order valence-corrected chi connectivity index (χ1v) is 11.1. The maximum Gasteiger partial charge on any atom is 0.273 e. The van der Waals surface area contributed by atoms with E-state index in [1.54, 1.807) is 7.05 Å². The van der Waals surface area contributed by atoms with Crippen molar-refractivity contribution in [3.63, 3.8) is 0 Å². The number of morpholine rings is 1. The van der Waals surface area contributed by atoms with Crippen molar-refractivity contribution in [2.75, 3.05) is 59.0 Å². The molecule has 0 aliphatic carbocycles. The standard InChI is InChI=1S/C20H33N7O3/c1-24-18(14-21-23-24)20(29)27-8-4-17(5-9-27)26-6-2-16(3-7-26)22-19(28)15-25-10-12-30-13-11-25/h14,16-17H,2-13,15H2,1H3,(H,22,28). The van der Waals surface area contributed by atoms with Crippen LogP contribution in [0.25, 0.3) is 0 Å². The van der Waals surface area contributed by atoms with Crippen LogP contribution in [0.15, 0.2) is 6.20 Å². The Balaban J connectivity index is 1.16. The van der Waals surface area contributed by atoms with Crippen molar-refractivity contribution in [1.82, 2.24) is 35.0 Å². The molecule has 10 nitrogen and oxygen atoms in total. The van der Waals surface area contributed by atoms with Crippen molar-refractivity contribution in [3.05, 3.63) is 11.9 Å². The highest BCUT2D eigenvalue weighted by Crippen LogP contribution is 2.22. The van der Waals surface area contributed by atoms with Crippen LogP contribution in [0.2, 0.25) is 0 Å². The number of nitrogens with one attached hydrogen (secondary N) is 1. The number of aryl methyl sites for hydroxylation is 1. The summed E-state index contributed by atoms with van der Waals surface area (Å²) >= 11 is 0. The second kappa shape index (κ2) is 9.84. The molecule has 0 atom stereocenters. The zero-order chi connectivity index (χ0) is 20.9. The van der Waals surface area contributed by atoms with E-state index in [-0.39, 0.29) is 17.9 Å². The van der Waals surface area contributed by atoms with Gasteiger partial charge in [0.05, 0.1) is 26.0 Å². The third kappa shape index (κ3) is 5.16. The van der Waals surface area contributed by atoms with Crippen LogP contribution in [0.5, 0.6) is 0 Å². The molecule has 2 amide bonds. The third-order valence-corrected chi connectivity index (χ3v) is 6.57. The van der Waals surface area contributed by atoms with E-state index in [4.69, 9.17) is 4.74 Å². The normalized spacial score (nSPS) is 22.9. The maximum atomic E-state index is 12.6. The summed E-state index contributed by atoms with van der Waals surface area (Å²) in [7, 11) is 1.75. The molecular weight excluding hydrogens is 386 g/mol. The predicted molar refractivity (Wildman–Crippen MR) is 110 cm³/mol. The first kappa shape index (κ1) is 21.2. The molecule has 4 heterocycles. The van der Waals surface area contributed by atoms with Gasteiger partial charge in [-0.3, -0.25) is 14.5 Å². The molecule has 3 saturated heterocycles. The number of nitrogens with zero attached hydrogens (tertiary/aromatic N) is 6. The van der Waals surface area contributed by atoms with Crippen LogP contribution in [0.3, 0.4) is 0 Å². The monoisotopic (exact) mass is 419 g/mol. The van der Waals surface area contributed by atoms with Crippen LogP contribution >= 0.6 is 0 Å². The lowest BCUT2D eigenvalue weighted by Gasteiger charge is -2.42. The van der Waals surface area contributed by atoms with E-state index in [9.17, 15) is 9.59 Å². The highest BCUT2D eigenvalue weighted by atomic mass is 16.5. The molecule has 0 saturated carbocycles. The molecule has 166 valence electrons. The predicted octanol–water partition coefficient (Wildman–Crippen LogP) is -0.667. The summed E-state index contributed by atoms with van der Waals surface area (Å²) in [6, 6.07) is 0.789. The molecule has 3 fully saturated rings. The Morgan fingerprint density at radius 2 is 1.77 bits per heavy atom.